The van der Waals surface area contributed by atoms with Crippen LogP contribution in [-0.2, 0) is 0 Å². The first-order valence-electron chi connectivity index (χ1n) is 3.92. The highest BCUT2D eigenvalue weighted by molar-refractivity contribution is 6.00. The summed E-state index contributed by atoms with van der Waals surface area (Å²) in [5.41, 5.74) is -1.63. The van der Waals surface area contributed by atoms with Gasteiger partial charge in [-0.3, -0.25) is 4.79 Å². The van der Waals surface area contributed by atoms with Gasteiger partial charge in [0.05, 0.1) is 12.7 Å². The Kier molecular flexibility index (Phi) is 3.16. The zero-order valence-corrected chi connectivity index (χ0v) is 7.86. The van der Waals surface area contributed by atoms with E-state index in [9.17, 15) is 26.7 Å². The molecule has 0 unspecified atom stereocenters. The topological polar surface area (TPSA) is 26.3 Å². The lowest BCUT2D eigenvalue weighted by atomic mass is 10.1. The zero-order valence-electron chi connectivity index (χ0n) is 7.86. The summed E-state index contributed by atoms with van der Waals surface area (Å²) in [6.07, 6.45) is -5.32. The molecule has 0 aromatic heterocycles. The Morgan fingerprint density at radius 2 is 1.62 bits per heavy atom. The van der Waals surface area contributed by atoms with Crippen LogP contribution in [0.5, 0.6) is 5.75 Å². The molecule has 1 aromatic carbocycles. The van der Waals surface area contributed by atoms with Crippen LogP contribution >= 0.6 is 0 Å². The number of carbonyl (C=O) groups is 1. The predicted molar refractivity (Wildman–Crippen MR) is 43.3 cm³/mol. The molecule has 0 spiro atoms. The fourth-order valence-corrected chi connectivity index (χ4v) is 1.03. The third-order valence-corrected chi connectivity index (χ3v) is 1.74. The van der Waals surface area contributed by atoms with Crippen LogP contribution in [0.25, 0.3) is 0 Å². The van der Waals surface area contributed by atoms with Gasteiger partial charge in [0, 0.05) is 12.1 Å². The average Bonchev–Trinajstić information content (AvgIpc) is 2.14. The van der Waals surface area contributed by atoms with Gasteiger partial charge in [0.1, 0.15) is 17.4 Å². The predicted octanol–water partition coefficient (Wildman–Crippen LogP) is 2.72. The quantitative estimate of drug-likeness (QED) is 0.586. The van der Waals surface area contributed by atoms with Crippen molar-refractivity contribution in [2.45, 2.75) is 6.18 Å². The number of carbonyl (C=O) groups excluding carboxylic acids is 1. The molecule has 0 aliphatic carbocycles. The molecular weight excluding hydrogens is 235 g/mol. The van der Waals surface area contributed by atoms with Gasteiger partial charge in [0.25, 0.3) is 5.78 Å². The van der Waals surface area contributed by atoms with Gasteiger partial charge in [-0.2, -0.15) is 13.2 Å². The number of halogens is 5. The van der Waals surface area contributed by atoms with Crippen molar-refractivity contribution >= 4 is 5.78 Å². The molecule has 16 heavy (non-hydrogen) atoms. The second-order valence-electron chi connectivity index (χ2n) is 2.79. The fourth-order valence-electron chi connectivity index (χ4n) is 1.03. The molecule has 0 saturated heterocycles. The van der Waals surface area contributed by atoms with Crippen LogP contribution in [0.15, 0.2) is 12.1 Å². The summed E-state index contributed by atoms with van der Waals surface area (Å²) in [5, 5.41) is 0. The SMILES string of the molecule is COc1cc(F)c(C(=O)C(F)(F)F)c(F)c1. The van der Waals surface area contributed by atoms with Crippen LogP contribution in [0.1, 0.15) is 10.4 Å². The Morgan fingerprint density at radius 1 is 1.19 bits per heavy atom. The lowest BCUT2D eigenvalue weighted by Crippen LogP contribution is -2.25. The lowest BCUT2D eigenvalue weighted by molar-refractivity contribution is -0.0890. The molecule has 1 rings (SSSR count). The smallest absolute Gasteiger partial charge is 0.455 e. The summed E-state index contributed by atoms with van der Waals surface area (Å²) in [4.78, 5) is 10.7. The van der Waals surface area contributed by atoms with Gasteiger partial charge in [-0.25, -0.2) is 8.78 Å². The van der Waals surface area contributed by atoms with Crippen LogP contribution in [0.2, 0.25) is 0 Å². The summed E-state index contributed by atoms with van der Waals surface area (Å²) in [5.74, 6) is -6.10. The standard InChI is InChI=1S/C9H5F5O2/c1-16-4-2-5(10)7(6(11)3-4)8(15)9(12,13)14/h2-3H,1H3. The molecule has 0 aliphatic heterocycles. The number of Topliss-reactive ketones (excluding diaryl/α,β-unsaturated/α-hetero) is 1. The minimum absolute atomic E-state index is 0.311. The van der Waals surface area contributed by atoms with Crippen molar-refractivity contribution in [2.24, 2.45) is 0 Å². The zero-order chi connectivity index (χ0) is 12.5. The maximum Gasteiger partial charge on any atom is 0.455 e. The molecule has 0 atom stereocenters. The van der Waals surface area contributed by atoms with Crippen molar-refractivity contribution in [1.82, 2.24) is 0 Å². The molecule has 0 bridgehead atoms. The average molecular weight is 240 g/mol. The molecule has 0 aliphatic rings. The van der Waals surface area contributed by atoms with Gasteiger partial charge in [0.15, 0.2) is 0 Å². The van der Waals surface area contributed by atoms with E-state index in [1.165, 1.54) is 0 Å². The first-order valence-corrected chi connectivity index (χ1v) is 3.92. The van der Waals surface area contributed by atoms with E-state index >= 15 is 0 Å². The van der Waals surface area contributed by atoms with E-state index in [1.807, 2.05) is 0 Å². The van der Waals surface area contributed by atoms with Crippen LogP contribution < -0.4 is 4.74 Å². The summed E-state index contributed by atoms with van der Waals surface area (Å²) in [6.45, 7) is 0. The monoisotopic (exact) mass is 240 g/mol. The minimum Gasteiger partial charge on any atom is -0.497 e. The molecule has 7 heteroatoms. The second kappa shape index (κ2) is 4.07. The van der Waals surface area contributed by atoms with Crippen LogP contribution in [-0.4, -0.2) is 19.1 Å². The number of methoxy groups -OCH3 is 1. The molecule has 0 saturated carbocycles. The number of ether oxygens (including phenoxy) is 1. The Balaban J connectivity index is 3.31. The van der Waals surface area contributed by atoms with E-state index in [2.05, 4.69) is 4.74 Å². The van der Waals surface area contributed by atoms with Gasteiger partial charge in [0.2, 0.25) is 0 Å². The highest BCUT2D eigenvalue weighted by Gasteiger charge is 2.42. The van der Waals surface area contributed by atoms with E-state index in [0.29, 0.717) is 12.1 Å². The maximum absolute atomic E-state index is 13.0. The van der Waals surface area contributed by atoms with E-state index in [-0.39, 0.29) is 5.75 Å². The largest absolute Gasteiger partial charge is 0.497 e. The Bertz CT molecular complexity index is 401. The van der Waals surface area contributed by atoms with Crippen LogP contribution in [0.4, 0.5) is 22.0 Å². The number of hydrogen-bond acceptors (Lipinski definition) is 2. The van der Waals surface area contributed by atoms with Crippen molar-refractivity contribution in [3.05, 3.63) is 29.3 Å². The maximum atomic E-state index is 13.0. The van der Waals surface area contributed by atoms with Crippen molar-refractivity contribution in [1.29, 1.82) is 0 Å². The molecular formula is C9H5F5O2. The number of rotatable bonds is 2. The highest BCUT2D eigenvalue weighted by Crippen LogP contribution is 2.27. The number of benzene rings is 1. The summed E-state index contributed by atoms with van der Waals surface area (Å²) >= 11 is 0. The number of ketones is 1. The van der Waals surface area contributed by atoms with Gasteiger partial charge < -0.3 is 4.74 Å². The van der Waals surface area contributed by atoms with Gasteiger partial charge in [-0.15, -0.1) is 0 Å². The first kappa shape index (κ1) is 12.4. The fraction of sp³-hybridized carbons (Fsp3) is 0.222. The normalized spacial score (nSPS) is 11.4. The van der Waals surface area contributed by atoms with Gasteiger partial charge in [-0.1, -0.05) is 0 Å². The van der Waals surface area contributed by atoms with Crippen molar-refractivity contribution in [2.75, 3.05) is 7.11 Å². The Morgan fingerprint density at radius 3 is 1.94 bits per heavy atom. The second-order valence-corrected chi connectivity index (χ2v) is 2.79. The molecule has 2 nitrogen and oxygen atoms in total. The van der Waals surface area contributed by atoms with E-state index in [0.717, 1.165) is 7.11 Å². The van der Waals surface area contributed by atoms with Gasteiger partial charge in [-0.05, 0) is 0 Å². The van der Waals surface area contributed by atoms with Crippen molar-refractivity contribution < 1.29 is 31.5 Å². The van der Waals surface area contributed by atoms with E-state index in [1.54, 1.807) is 0 Å². The van der Waals surface area contributed by atoms with Crippen molar-refractivity contribution in [3.63, 3.8) is 0 Å². The van der Waals surface area contributed by atoms with Crippen molar-refractivity contribution in [3.8, 4) is 5.75 Å². The Hall–Kier alpha value is -1.66. The highest BCUT2D eigenvalue weighted by atomic mass is 19.4. The molecule has 0 radical (unpaired) electrons. The number of alkyl halides is 3. The Labute approximate surface area is 86.6 Å². The molecule has 88 valence electrons. The van der Waals surface area contributed by atoms with Gasteiger partial charge >= 0.3 is 6.18 Å². The number of hydrogen-bond donors (Lipinski definition) is 0. The molecule has 0 heterocycles. The molecule has 0 amide bonds. The van der Waals surface area contributed by atoms with Crippen LogP contribution in [0, 0.1) is 11.6 Å². The minimum atomic E-state index is -5.32. The summed E-state index contributed by atoms with van der Waals surface area (Å²) < 4.78 is 66.4. The first-order chi connectivity index (χ1) is 7.27. The third kappa shape index (κ3) is 2.29. The third-order valence-electron chi connectivity index (χ3n) is 1.74. The molecule has 0 fully saturated rings. The van der Waals surface area contributed by atoms with E-state index in [4.69, 9.17) is 0 Å². The summed E-state index contributed by atoms with van der Waals surface area (Å²) in [6, 6.07) is 1.00. The summed E-state index contributed by atoms with van der Waals surface area (Å²) in [7, 11) is 1.08. The van der Waals surface area contributed by atoms with Crippen LogP contribution in [0.3, 0.4) is 0 Å². The lowest BCUT2D eigenvalue weighted by Gasteiger charge is -2.08. The molecule has 1 aromatic rings. The van der Waals surface area contributed by atoms with E-state index < -0.39 is 29.2 Å². The molecule has 0 N–H and O–H groups in total.